The molecule has 2 aliphatic rings. The highest BCUT2D eigenvalue weighted by atomic mass is 19.1. The van der Waals surface area contributed by atoms with Crippen LogP contribution in [0.2, 0.25) is 0 Å². The van der Waals surface area contributed by atoms with E-state index in [0.29, 0.717) is 5.56 Å². The standard InChI is InChI=1S/C26H24F2N4O2/c1-15-4-5-22(29-13-15)17-8-18(23-12-26(34-32-23)6-3-7-26)10-19(9-17)25(33)31-16(2)24-21(28)11-20(27)14-30-24/h4-5,8-14,16,32H,3,6-7H2,1-2H3,(H,31,33). The van der Waals surface area contributed by atoms with Gasteiger partial charge in [-0.3, -0.25) is 25.1 Å². The van der Waals surface area contributed by atoms with Crippen LogP contribution in [-0.2, 0) is 4.84 Å². The van der Waals surface area contributed by atoms with Crippen molar-refractivity contribution in [3.63, 3.8) is 0 Å². The predicted octanol–water partition coefficient (Wildman–Crippen LogP) is 5.02. The maximum atomic E-state index is 14.2. The number of pyridine rings is 2. The third-order valence-electron chi connectivity index (χ3n) is 6.28. The van der Waals surface area contributed by atoms with Crippen LogP contribution in [0.5, 0.6) is 0 Å². The van der Waals surface area contributed by atoms with Crippen molar-refractivity contribution in [2.75, 3.05) is 0 Å². The van der Waals surface area contributed by atoms with Gasteiger partial charge in [-0.15, -0.1) is 0 Å². The lowest BCUT2D eigenvalue weighted by atomic mass is 9.80. The maximum absolute atomic E-state index is 14.2. The van der Waals surface area contributed by atoms with Gasteiger partial charge in [0.05, 0.1) is 29.3 Å². The van der Waals surface area contributed by atoms with Crippen LogP contribution in [0, 0.1) is 18.6 Å². The van der Waals surface area contributed by atoms with Gasteiger partial charge < -0.3 is 5.32 Å². The number of hydrogen-bond acceptors (Lipinski definition) is 5. The van der Waals surface area contributed by atoms with Crippen molar-refractivity contribution < 1.29 is 18.4 Å². The van der Waals surface area contributed by atoms with E-state index in [9.17, 15) is 13.6 Å². The molecule has 1 fully saturated rings. The molecule has 5 rings (SSSR count). The SMILES string of the molecule is Cc1ccc(-c2cc(C(=O)NC(C)c3ncc(F)cc3F)cc(C3=CC4(CCC4)ON3)c2)nc1. The lowest BCUT2D eigenvalue weighted by Gasteiger charge is -2.33. The lowest BCUT2D eigenvalue weighted by molar-refractivity contribution is -0.0821. The summed E-state index contributed by atoms with van der Waals surface area (Å²) in [6.07, 6.45) is 7.77. The minimum atomic E-state index is -0.811. The van der Waals surface area contributed by atoms with E-state index in [0.717, 1.165) is 59.6 Å². The molecular weight excluding hydrogens is 438 g/mol. The topological polar surface area (TPSA) is 76.1 Å². The molecule has 174 valence electrons. The van der Waals surface area contributed by atoms with Crippen LogP contribution in [0.15, 0.2) is 54.9 Å². The fourth-order valence-electron chi connectivity index (χ4n) is 4.19. The molecule has 3 heterocycles. The summed E-state index contributed by atoms with van der Waals surface area (Å²) in [6.45, 7) is 3.56. The smallest absolute Gasteiger partial charge is 0.251 e. The number of nitrogens with zero attached hydrogens (tertiary/aromatic N) is 2. The summed E-state index contributed by atoms with van der Waals surface area (Å²) in [5.74, 6) is -1.99. The molecular formula is C26H24F2N4O2. The molecule has 1 aromatic carbocycles. The highest BCUT2D eigenvalue weighted by Crippen LogP contribution is 2.42. The molecule has 2 aromatic heterocycles. The van der Waals surface area contributed by atoms with E-state index in [1.54, 1.807) is 25.3 Å². The Labute approximate surface area is 196 Å². The molecule has 1 saturated carbocycles. The number of carbonyl (C=O) groups is 1. The number of rotatable bonds is 5. The minimum absolute atomic E-state index is 0.0353. The fourth-order valence-corrected chi connectivity index (χ4v) is 4.19. The van der Waals surface area contributed by atoms with Gasteiger partial charge >= 0.3 is 0 Å². The molecule has 1 atom stereocenters. The Morgan fingerprint density at radius 1 is 1.12 bits per heavy atom. The number of halogens is 2. The van der Waals surface area contributed by atoms with Crippen LogP contribution in [-0.4, -0.2) is 21.5 Å². The van der Waals surface area contributed by atoms with Crippen LogP contribution in [0.25, 0.3) is 17.0 Å². The first-order chi connectivity index (χ1) is 16.3. The normalized spacial score (nSPS) is 17.0. The monoisotopic (exact) mass is 462 g/mol. The highest BCUT2D eigenvalue weighted by Gasteiger charge is 2.41. The Hall–Kier alpha value is -3.65. The zero-order chi connectivity index (χ0) is 23.9. The molecule has 6 nitrogen and oxygen atoms in total. The predicted molar refractivity (Wildman–Crippen MR) is 123 cm³/mol. The number of aryl methyl sites for hydroxylation is 1. The number of nitrogens with one attached hydrogen (secondary N) is 2. The Balaban J connectivity index is 1.49. The van der Waals surface area contributed by atoms with Crippen LogP contribution in [0.4, 0.5) is 8.78 Å². The van der Waals surface area contributed by atoms with Gasteiger partial charge in [0.1, 0.15) is 17.2 Å². The third-order valence-corrected chi connectivity index (χ3v) is 6.28. The molecule has 1 unspecified atom stereocenters. The molecule has 0 radical (unpaired) electrons. The number of aromatic nitrogens is 2. The van der Waals surface area contributed by atoms with E-state index in [1.165, 1.54) is 0 Å². The molecule has 1 spiro atoms. The molecule has 0 saturated heterocycles. The van der Waals surface area contributed by atoms with Gasteiger partial charge in [-0.2, -0.15) is 0 Å². The average Bonchev–Trinajstić information content (AvgIpc) is 3.26. The quantitative estimate of drug-likeness (QED) is 0.557. The summed E-state index contributed by atoms with van der Waals surface area (Å²) in [5, 5.41) is 2.76. The first kappa shape index (κ1) is 22.2. The number of amides is 1. The second-order valence-corrected chi connectivity index (χ2v) is 8.92. The van der Waals surface area contributed by atoms with E-state index >= 15 is 0 Å². The van der Waals surface area contributed by atoms with Gasteiger partial charge in [-0.1, -0.05) is 6.07 Å². The second kappa shape index (κ2) is 8.61. The van der Waals surface area contributed by atoms with E-state index < -0.39 is 23.6 Å². The van der Waals surface area contributed by atoms with Gasteiger partial charge in [0, 0.05) is 29.0 Å². The van der Waals surface area contributed by atoms with Gasteiger partial charge in [0.25, 0.3) is 5.91 Å². The van der Waals surface area contributed by atoms with Crippen LogP contribution >= 0.6 is 0 Å². The minimum Gasteiger partial charge on any atom is -0.344 e. The van der Waals surface area contributed by atoms with Crippen molar-refractivity contribution in [3.8, 4) is 11.3 Å². The molecule has 8 heteroatoms. The number of hydroxylamine groups is 1. The number of hydrogen-bond donors (Lipinski definition) is 2. The summed E-state index contributed by atoms with van der Waals surface area (Å²) in [5.41, 5.74) is 7.16. The van der Waals surface area contributed by atoms with Gasteiger partial charge in [-0.25, -0.2) is 8.78 Å². The van der Waals surface area contributed by atoms with Crippen molar-refractivity contribution in [3.05, 3.63) is 88.9 Å². The van der Waals surface area contributed by atoms with E-state index in [1.807, 2.05) is 25.1 Å². The fraction of sp³-hybridized carbons (Fsp3) is 0.269. The molecule has 1 aliphatic carbocycles. The summed E-state index contributed by atoms with van der Waals surface area (Å²) in [6, 6.07) is 9.31. The Kier molecular flexibility index (Phi) is 5.61. The maximum Gasteiger partial charge on any atom is 0.251 e. The summed E-state index contributed by atoms with van der Waals surface area (Å²) in [7, 11) is 0. The molecule has 2 N–H and O–H groups in total. The van der Waals surface area contributed by atoms with E-state index in [-0.39, 0.29) is 11.3 Å². The van der Waals surface area contributed by atoms with E-state index in [2.05, 4.69) is 26.8 Å². The second-order valence-electron chi connectivity index (χ2n) is 8.92. The zero-order valence-corrected chi connectivity index (χ0v) is 18.9. The largest absolute Gasteiger partial charge is 0.344 e. The molecule has 1 aliphatic heterocycles. The summed E-state index contributed by atoms with van der Waals surface area (Å²) in [4.78, 5) is 27.3. The van der Waals surface area contributed by atoms with Crippen molar-refractivity contribution in [2.24, 2.45) is 0 Å². The Morgan fingerprint density at radius 3 is 2.56 bits per heavy atom. The highest BCUT2D eigenvalue weighted by molar-refractivity contribution is 5.96. The van der Waals surface area contributed by atoms with Gasteiger partial charge in [0.2, 0.25) is 0 Å². The summed E-state index contributed by atoms with van der Waals surface area (Å²) >= 11 is 0. The van der Waals surface area contributed by atoms with Gasteiger partial charge in [0.15, 0.2) is 0 Å². The van der Waals surface area contributed by atoms with Crippen LogP contribution in [0.1, 0.15) is 59.4 Å². The molecule has 34 heavy (non-hydrogen) atoms. The average molecular weight is 463 g/mol. The van der Waals surface area contributed by atoms with Crippen molar-refractivity contribution in [1.29, 1.82) is 0 Å². The summed E-state index contributed by atoms with van der Waals surface area (Å²) < 4.78 is 27.4. The zero-order valence-electron chi connectivity index (χ0n) is 18.9. The molecule has 1 amide bonds. The van der Waals surface area contributed by atoms with Crippen LogP contribution in [0.3, 0.4) is 0 Å². The van der Waals surface area contributed by atoms with Crippen molar-refractivity contribution >= 4 is 11.6 Å². The Morgan fingerprint density at radius 2 is 1.91 bits per heavy atom. The first-order valence-corrected chi connectivity index (χ1v) is 11.2. The van der Waals surface area contributed by atoms with Crippen molar-refractivity contribution in [1.82, 2.24) is 20.8 Å². The molecule has 3 aromatic rings. The Bertz CT molecular complexity index is 1290. The lowest BCUT2D eigenvalue weighted by Crippen LogP contribution is -2.36. The molecule has 0 bridgehead atoms. The van der Waals surface area contributed by atoms with Crippen molar-refractivity contribution in [2.45, 2.75) is 44.8 Å². The van der Waals surface area contributed by atoms with Gasteiger partial charge in [-0.05, 0) is 69.0 Å². The third kappa shape index (κ3) is 4.28. The van der Waals surface area contributed by atoms with Crippen LogP contribution < -0.4 is 10.8 Å². The number of carbonyl (C=O) groups excluding carboxylic acids is 1. The first-order valence-electron chi connectivity index (χ1n) is 11.2. The number of benzene rings is 1. The van der Waals surface area contributed by atoms with E-state index in [4.69, 9.17) is 4.84 Å².